The van der Waals surface area contributed by atoms with Gasteiger partial charge in [0.05, 0.1) is 12.2 Å². The maximum Gasteiger partial charge on any atom is 0.138 e. The highest BCUT2D eigenvalue weighted by molar-refractivity contribution is 6.30. The molecule has 0 saturated carbocycles. The summed E-state index contributed by atoms with van der Waals surface area (Å²) in [6.45, 7) is 2.88. The van der Waals surface area contributed by atoms with E-state index in [0.717, 1.165) is 12.8 Å². The molecule has 0 bridgehead atoms. The molecule has 0 spiro atoms. The fourth-order valence-electron chi connectivity index (χ4n) is 2.14. The topological polar surface area (TPSA) is 33.0 Å². The lowest BCUT2D eigenvalue weighted by atomic mass is 9.85. The molecule has 1 aromatic rings. The number of nitrogens with zero attached hydrogens (tertiary/aromatic N) is 1. The normalized spacial score (nSPS) is 22.5. The van der Waals surface area contributed by atoms with E-state index < -0.39 is 0 Å². The highest BCUT2D eigenvalue weighted by Gasteiger charge is 2.19. The molecular formula is C15H16ClNO. The van der Waals surface area contributed by atoms with Gasteiger partial charge in [0.25, 0.3) is 0 Å². The molecule has 0 radical (unpaired) electrons. The van der Waals surface area contributed by atoms with E-state index in [-0.39, 0.29) is 0 Å². The fraction of sp³-hybridized carbons (Fsp3) is 0.400. The van der Waals surface area contributed by atoms with Crippen LogP contribution in [-0.2, 0) is 0 Å². The zero-order chi connectivity index (χ0) is 13.0. The van der Waals surface area contributed by atoms with Gasteiger partial charge < -0.3 is 4.74 Å². The highest BCUT2D eigenvalue weighted by Crippen LogP contribution is 2.28. The Morgan fingerprint density at radius 1 is 1.39 bits per heavy atom. The molecule has 0 N–H and O–H groups in total. The summed E-state index contributed by atoms with van der Waals surface area (Å²) >= 11 is 5.92. The van der Waals surface area contributed by atoms with Crippen molar-refractivity contribution in [2.24, 2.45) is 11.8 Å². The van der Waals surface area contributed by atoms with E-state index in [1.54, 1.807) is 18.2 Å². The number of nitriles is 1. The van der Waals surface area contributed by atoms with Crippen LogP contribution >= 0.6 is 11.6 Å². The standard InChI is InChI=1S/C15H16ClNO/c1-11-4-2-3-5-13(11)10-18-15-8-14(16)7-6-12(15)9-17/h2-3,6-8,11,13H,4-5,10H2,1H3. The summed E-state index contributed by atoms with van der Waals surface area (Å²) in [5.74, 6) is 1.73. The number of benzene rings is 1. The minimum absolute atomic E-state index is 0.514. The van der Waals surface area contributed by atoms with Gasteiger partial charge in [-0.15, -0.1) is 0 Å². The van der Waals surface area contributed by atoms with Crippen LogP contribution in [0.25, 0.3) is 0 Å². The number of hydrogen-bond acceptors (Lipinski definition) is 2. The SMILES string of the molecule is CC1CC=CCC1COc1cc(Cl)ccc1C#N. The molecule has 3 heteroatoms. The van der Waals surface area contributed by atoms with Gasteiger partial charge in [-0.05, 0) is 36.8 Å². The second-order valence-corrected chi connectivity index (χ2v) is 5.18. The Morgan fingerprint density at radius 3 is 2.89 bits per heavy atom. The zero-order valence-corrected chi connectivity index (χ0v) is 11.2. The van der Waals surface area contributed by atoms with Gasteiger partial charge in [0.15, 0.2) is 0 Å². The molecule has 0 saturated heterocycles. The predicted molar refractivity (Wildman–Crippen MR) is 72.7 cm³/mol. The molecular weight excluding hydrogens is 246 g/mol. The molecule has 18 heavy (non-hydrogen) atoms. The van der Waals surface area contributed by atoms with Crippen LogP contribution < -0.4 is 4.74 Å². The summed E-state index contributed by atoms with van der Waals surface area (Å²) in [5, 5.41) is 9.61. The van der Waals surface area contributed by atoms with Crippen molar-refractivity contribution in [3.8, 4) is 11.8 Å². The molecule has 1 aliphatic rings. The van der Waals surface area contributed by atoms with Crippen LogP contribution in [0.2, 0.25) is 5.02 Å². The predicted octanol–water partition coefficient (Wildman–Crippen LogP) is 4.19. The molecule has 1 aromatic carbocycles. The molecule has 2 nitrogen and oxygen atoms in total. The summed E-state index contributed by atoms with van der Waals surface area (Å²) in [4.78, 5) is 0. The Balaban J connectivity index is 2.04. The van der Waals surface area contributed by atoms with Gasteiger partial charge in [-0.2, -0.15) is 5.26 Å². The van der Waals surface area contributed by atoms with Crippen LogP contribution in [0.5, 0.6) is 5.75 Å². The van der Waals surface area contributed by atoms with Crippen LogP contribution in [0.1, 0.15) is 25.3 Å². The maximum atomic E-state index is 9.01. The van der Waals surface area contributed by atoms with E-state index >= 15 is 0 Å². The number of ether oxygens (including phenoxy) is 1. The molecule has 2 rings (SSSR count). The monoisotopic (exact) mass is 261 g/mol. The number of rotatable bonds is 3. The van der Waals surface area contributed by atoms with Crippen LogP contribution in [0.15, 0.2) is 30.4 Å². The average Bonchev–Trinajstić information content (AvgIpc) is 2.38. The fourth-order valence-corrected chi connectivity index (χ4v) is 2.31. The van der Waals surface area contributed by atoms with Crippen LogP contribution in [-0.4, -0.2) is 6.61 Å². The van der Waals surface area contributed by atoms with Gasteiger partial charge in [0.1, 0.15) is 11.8 Å². The van der Waals surface area contributed by atoms with Gasteiger partial charge in [0, 0.05) is 11.1 Å². The quantitative estimate of drug-likeness (QED) is 0.764. The van der Waals surface area contributed by atoms with E-state index in [9.17, 15) is 0 Å². The van der Waals surface area contributed by atoms with Crippen LogP contribution in [0.3, 0.4) is 0 Å². The summed E-state index contributed by atoms with van der Waals surface area (Å²) in [6, 6.07) is 7.24. The molecule has 1 aliphatic carbocycles. The second kappa shape index (κ2) is 5.93. The average molecular weight is 262 g/mol. The Bertz CT molecular complexity index is 490. The minimum atomic E-state index is 0.514. The van der Waals surface area contributed by atoms with Gasteiger partial charge in [0.2, 0.25) is 0 Å². The Kier molecular flexibility index (Phi) is 4.28. The first-order valence-electron chi connectivity index (χ1n) is 6.18. The number of halogens is 1. The van der Waals surface area contributed by atoms with E-state index in [0.29, 0.717) is 34.8 Å². The number of allylic oxidation sites excluding steroid dienone is 2. The van der Waals surface area contributed by atoms with Crippen molar-refractivity contribution in [2.45, 2.75) is 19.8 Å². The van der Waals surface area contributed by atoms with E-state index in [1.165, 1.54) is 0 Å². The summed E-state index contributed by atoms with van der Waals surface area (Å²) in [7, 11) is 0. The first-order chi connectivity index (χ1) is 8.70. The molecule has 2 unspecified atom stereocenters. The largest absolute Gasteiger partial charge is 0.492 e. The van der Waals surface area contributed by atoms with Gasteiger partial charge in [-0.1, -0.05) is 30.7 Å². The lowest BCUT2D eigenvalue weighted by molar-refractivity contribution is 0.198. The Labute approximate surface area is 113 Å². The van der Waals surface area contributed by atoms with Gasteiger partial charge >= 0.3 is 0 Å². The van der Waals surface area contributed by atoms with Crippen molar-refractivity contribution in [1.29, 1.82) is 5.26 Å². The third-order valence-corrected chi connectivity index (χ3v) is 3.67. The van der Waals surface area contributed by atoms with Crippen molar-refractivity contribution in [1.82, 2.24) is 0 Å². The highest BCUT2D eigenvalue weighted by atomic mass is 35.5. The molecule has 0 fully saturated rings. The smallest absolute Gasteiger partial charge is 0.138 e. The number of hydrogen-bond donors (Lipinski definition) is 0. The van der Waals surface area contributed by atoms with Crippen LogP contribution in [0.4, 0.5) is 0 Å². The lowest BCUT2D eigenvalue weighted by Gasteiger charge is -2.25. The minimum Gasteiger partial charge on any atom is -0.492 e. The van der Waals surface area contributed by atoms with Crippen molar-refractivity contribution < 1.29 is 4.74 Å². The van der Waals surface area contributed by atoms with Crippen molar-refractivity contribution in [2.75, 3.05) is 6.61 Å². The Morgan fingerprint density at radius 2 is 2.17 bits per heavy atom. The molecule has 94 valence electrons. The van der Waals surface area contributed by atoms with E-state index in [4.69, 9.17) is 21.6 Å². The Hall–Kier alpha value is -1.46. The zero-order valence-electron chi connectivity index (χ0n) is 10.4. The third kappa shape index (κ3) is 3.05. The molecule has 0 aromatic heterocycles. The molecule has 0 heterocycles. The maximum absolute atomic E-state index is 9.01. The van der Waals surface area contributed by atoms with Crippen molar-refractivity contribution >= 4 is 11.6 Å². The first kappa shape index (κ1) is 13.0. The van der Waals surface area contributed by atoms with E-state index in [1.807, 2.05) is 0 Å². The van der Waals surface area contributed by atoms with E-state index in [2.05, 4.69) is 25.1 Å². The van der Waals surface area contributed by atoms with Gasteiger partial charge in [-0.25, -0.2) is 0 Å². The lowest BCUT2D eigenvalue weighted by Crippen LogP contribution is -2.21. The first-order valence-corrected chi connectivity index (χ1v) is 6.56. The van der Waals surface area contributed by atoms with Crippen molar-refractivity contribution in [3.05, 3.63) is 40.9 Å². The summed E-state index contributed by atoms with van der Waals surface area (Å²) in [6.07, 6.45) is 6.58. The molecule has 0 amide bonds. The molecule has 2 atom stereocenters. The van der Waals surface area contributed by atoms with Gasteiger partial charge in [-0.3, -0.25) is 0 Å². The second-order valence-electron chi connectivity index (χ2n) is 4.74. The van der Waals surface area contributed by atoms with Crippen molar-refractivity contribution in [3.63, 3.8) is 0 Å². The third-order valence-electron chi connectivity index (χ3n) is 3.44. The molecule has 0 aliphatic heterocycles. The van der Waals surface area contributed by atoms with Crippen LogP contribution in [0, 0.1) is 23.2 Å². The summed E-state index contributed by atoms with van der Waals surface area (Å²) in [5.41, 5.74) is 0.540. The summed E-state index contributed by atoms with van der Waals surface area (Å²) < 4.78 is 5.78.